The summed E-state index contributed by atoms with van der Waals surface area (Å²) in [5, 5.41) is 12.7. The second-order valence-electron chi connectivity index (χ2n) is 8.81. The highest BCUT2D eigenvalue weighted by Crippen LogP contribution is 2.55. The van der Waals surface area contributed by atoms with E-state index in [4.69, 9.17) is 4.74 Å². The predicted octanol–water partition coefficient (Wildman–Crippen LogP) is 2.41. The average molecular weight is 384 g/mol. The molecule has 28 heavy (non-hydrogen) atoms. The van der Waals surface area contributed by atoms with Gasteiger partial charge in [0.15, 0.2) is 5.69 Å². The van der Waals surface area contributed by atoms with Crippen LogP contribution in [0, 0.1) is 5.41 Å². The Labute approximate surface area is 165 Å². The fourth-order valence-electron chi connectivity index (χ4n) is 4.28. The van der Waals surface area contributed by atoms with E-state index in [9.17, 15) is 4.79 Å². The highest BCUT2D eigenvalue weighted by Gasteiger charge is 2.56. The molecule has 2 saturated heterocycles. The predicted molar refractivity (Wildman–Crippen MR) is 104 cm³/mol. The van der Waals surface area contributed by atoms with Crippen LogP contribution < -0.4 is 0 Å². The molecule has 0 aromatic carbocycles. The maximum Gasteiger partial charge on any atom is 0.276 e. The molecule has 4 heterocycles. The first-order valence-electron chi connectivity index (χ1n) is 9.79. The van der Waals surface area contributed by atoms with Gasteiger partial charge in [-0.25, -0.2) is 4.68 Å². The minimum atomic E-state index is -0.104. The van der Waals surface area contributed by atoms with Gasteiger partial charge in [0.2, 0.25) is 0 Å². The Morgan fingerprint density at radius 3 is 2.75 bits per heavy atom. The summed E-state index contributed by atoms with van der Waals surface area (Å²) in [6.07, 6.45) is 9.30. The molecule has 0 saturated carbocycles. The Morgan fingerprint density at radius 2 is 2.11 bits per heavy atom. The third-order valence-electron chi connectivity index (χ3n) is 5.81. The van der Waals surface area contributed by atoms with Crippen molar-refractivity contribution < 1.29 is 9.53 Å². The van der Waals surface area contributed by atoms with Crippen molar-refractivity contribution in [2.45, 2.75) is 51.7 Å². The Morgan fingerprint density at radius 1 is 1.36 bits per heavy atom. The fraction of sp³-hybridized carbons (Fsp3) is 0.600. The summed E-state index contributed by atoms with van der Waals surface area (Å²) in [6.45, 7) is 12.8. The van der Waals surface area contributed by atoms with Crippen molar-refractivity contribution in [2.75, 3.05) is 19.8 Å². The minimum absolute atomic E-state index is 0.00967. The summed E-state index contributed by atoms with van der Waals surface area (Å²) >= 11 is 0. The number of hydrogen-bond donors (Lipinski definition) is 0. The number of ether oxygens (including phenoxy) is 1. The Kier molecular flexibility index (Phi) is 4.61. The van der Waals surface area contributed by atoms with Gasteiger partial charge in [-0.3, -0.25) is 9.48 Å². The molecule has 2 aliphatic rings. The molecule has 1 unspecified atom stereocenters. The average Bonchev–Trinajstić information content (AvgIpc) is 3.30. The van der Waals surface area contributed by atoms with Crippen LogP contribution in [-0.2, 0) is 16.8 Å². The van der Waals surface area contributed by atoms with Crippen molar-refractivity contribution >= 4 is 5.91 Å². The van der Waals surface area contributed by atoms with Crippen LogP contribution in [-0.4, -0.2) is 55.3 Å². The summed E-state index contributed by atoms with van der Waals surface area (Å²) in [5.74, 6) is -0.0825. The number of carbonyl (C=O) groups is 1. The first-order valence-corrected chi connectivity index (χ1v) is 9.79. The van der Waals surface area contributed by atoms with Crippen molar-refractivity contribution in [3.63, 3.8) is 0 Å². The van der Waals surface area contributed by atoms with Gasteiger partial charge in [0.1, 0.15) is 0 Å². The Bertz CT molecular complexity index is 871. The molecule has 0 N–H and O–H groups in total. The van der Waals surface area contributed by atoms with Crippen LogP contribution in [0.25, 0.3) is 0 Å². The van der Waals surface area contributed by atoms with E-state index in [1.54, 1.807) is 17.0 Å². The molecule has 2 fully saturated rings. The second kappa shape index (κ2) is 6.84. The van der Waals surface area contributed by atoms with Crippen LogP contribution in [0.2, 0.25) is 0 Å². The fourth-order valence-corrected chi connectivity index (χ4v) is 4.28. The third kappa shape index (κ3) is 3.15. The molecule has 1 spiro atoms. The molecule has 8 nitrogen and oxygen atoms in total. The molecular formula is C20H28N6O2. The second-order valence-corrected chi connectivity index (χ2v) is 8.81. The van der Waals surface area contributed by atoms with Crippen LogP contribution in [0.3, 0.4) is 0 Å². The van der Waals surface area contributed by atoms with E-state index >= 15 is 0 Å². The van der Waals surface area contributed by atoms with E-state index < -0.39 is 0 Å². The van der Waals surface area contributed by atoms with Gasteiger partial charge >= 0.3 is 0 Å². The molecule has 2 aliphatic heterocycles. The summed E-state index contributed by atoms with van der Waals surface area (Å²) < 4.78 is 9.19. The first kappa shape index (κ1) is 18.9. The number of allylic oxidation sites excluding steroid dienone is 1. The number of amides is 1. The van der Waals surface area contributed by atoms with Gasteiger partial charge in [-0.05, 0) is 33.6 Å². The molecule has 0 bridgehead atoms. The number of hydrogen-bond acceptors (Lipinski definition) is 5. The number of nitrogens with zero attached hydrogens (tertiary/aromatic N) is 6. The first-order chi connectivity index (χ1) is 13.3. The lowest BCUT2D eigenvalue weighted by Gasteiger charge is -2.58. The molecule has 1 atom stereocenters. The minimum Gasteiger partial charge on any atom is -0.381 e. The Hall–Kier alpha value is -2.48. The molecule has 150 valence electrons. The van der Waals surface area contributed by atoms with Gasteiger partial charge in [0.05, 0.1) is 30.5 Å². The lowest BCUT2D eigenvalue weighted by atomic mass is 9.64. The van der Waals surface area contributed by atoms with Gasteiger partial charge in [0, 0.05) is 36.9 Å². The van der Waals surface area contributed by atoms with Crippen molar-refractivity contribution in [3.05, 3.63) is 42.5 Å². The third-order valence-corrected chi connectivity index (χ3v) is 5.81. The largest absolute Gasteiger partial charge is 0.381 e. The maximum absolute atomic E-state index is 13.2. The molecule has 0 radical (unpaired) electrons. The normalized spacial score (nSPS) is 21.5. The zero-order valence-corrected chi connectivity index (χ0v) is 16.8. The quantitative estimate of drug-likeness (QED) is 0.757. The molecule has 1 amide bonds. The van der Waals surface area contributed by atoms with E-state index in [1.165, 1.54) is 0 Å². The standard InChI is InChI=1S/C20H28N6O2/c1-5-8-24-13-16(22-23-24)18(27)25-14-20(6-9-28-10-7-20)17(25)15-11-21-26(12-15)19(2,3)4/h5,11-13,17H,1,6-10,14H2,2-4H3. The number of carbonyl (C=O) groups excluding carboxylic acids is 1. The van der Waals surface area contributed by atoms with Crippen molar-refractivity contribution in [2.24, 2.45) is 5.41 Å². The zero-order valence-electron chi connectivity index (χ0n) is 16.8. The molecular weight excluding hydrogens is 356 g/mol. The van der Waals surface area contributed by atoms with E-state index in [2.05, 4.69) is 49.0 Å². The van der Waals surface area contributed by atoms with E-state index in [1.807, 2.05) is 15.8 Å². The van der Waals surface area contributed by atoms with Gasteiger partial charge < -0.3 is 9.64 Å². The monoisotopic (exact) mass is 384 g/mol. The summed E-state index contributed by atoms with van der Waals surface area (Å²) in [6, 6.07) is -0.00967. The summed E-state index contributed by atoms with van der Waals surface area (Å²) in [5.41, 5.74) is 1.40. The van der Waals surface area contributed by atoms with Crippen LogP contribution >= 0.6 is 0 Å². The van der Waals surface area contributed by atoms with Gasteiger partial charge in [-0.1, -0.05) is 11.3 Å². The van der Waals surface area contributed by atoms with Gasteiger partial charge in [-0.2, -0.15) is 5.10 Å². The number of rotatable bonds is 4. The van der Waals surface area contributed by atoms with Crippen molar-refractivity contribution in [3.8, 4) is 0 Å². The highest BCUT2D eigenvalue weighted by atomic mass is 16.5. The zero-order chi connectivity index (χ0) is 19.9. The molecule has 0 aliphatic carbocycles. The van der Waals surface area contributed by atoms with Crippen molar-refractivity contribution in [1.82, 2.24) is 29.7 Å². The van der Waals surface area contributed by atoms with Gasteiger partial charge in [-0.15, -0.1) is 11.7 Å². The topological polar surface area (TPSA) is 78.1 Å². The van der Waals surface area contributed by atoms with Crippen LogP contribution in [0.15, 0.2) is 31.2 Å². The van der Waals surface area contributed by atoms with Crippen LogP contribution in [0.4, 0.5) is 0 Å². The molecule has 4 rings (SSSR count). The maximum atomic E-state index is 13.2. The van der Waals surface area contributed by atoms with E-state index in [0.717, 1.165) is 38.2 Å². The molecule has 2 aromatic rings. The van der Waals surface area contributed by atoms with Crippen LogP contribution in [0.5, 0.6) is 0 Å². The molecule has 2 aromatic heterocycles. The number of likely N-dealkylation sites (tertiary alicyclic amines) is 1. The van der Waals surface area contributed by atoms with Crippen molar-refractivity contribution in [1.29, 1.82) is 0 Å². The summed E-state index contributed by atoms with van der Waals surface area (Å²) in [4.78, 5) is 15.1. The molecule has 8 heteroatoms. The van der Waals surface area contributed by atoms with E-state index in [0.29, 0.717) is 12.2 Å². The van der Waals surface area contributed by atoms with E-state index in [-0.39, 0.29) is 22.9 Å². The highest BCUT2D eigenvalue weighted by molar-refractivity contribution is 5.93. The Balaban J connectivity index is 1.64. The smallest absolute Gasteiger partial charge is 0.276 e. The summed E-state index contributed by atoms with van der Waals surface area (Å²) in [7, 11) is 0. The van der Waals surface area contributed by atoms with Crippen LogP contribution in [0.1, 0.15) is 55.7 Å². The number of aromatic nitrogens is 5. The SMILES string of the molecule is C=CCn1cc(C(=O)N2CC3(CCOCC3)C2c2cnn(C(C)(C)C)c2)nn1. The van der Waals surface area contributed by atoms with Gasteiger partial charge in [0.25, 0.3) is 5.91 Å². The lowest BCUT2D eigenvalue weighted by Crippen LogP contribution is -2.62. The lowest BCUT2D eigenvalue weighted by molar-refractivity contribution is -0.115.